The highest BCUT2D eigenvalue weighted by Gasteiger charge is 2.17. The summed E-state index contributed by atoms with van der Waals surface area (Å²) in [7, 11) is 0. The average Bonchev–Trinajstić information content (AvgIpc) is 3.18. The van der Waals surface area contributed by atoms with E-state index in [-0.39, 0.29) is 36.9 Å². The standard InChI is InChI=1S/C17H16BrFN6O3/c1-11-15(25(27)28)8-20-24(11)7-6-16(26)21-17-13(18)10-23(22-17)9-12-4-2-3-5-14(12)19/h2-5,8,10H,6-7,9H2,1H3,(H,21,22,26). The Morgan fingerprint density at radius 1 is 1.39 bits per heavy atom. The Balaban J connectivity index is 1.61. The Bertz CT molecular complexity index is 1030. The van der Waals surface area contributed by atoms with Crippen molar-refractivity contribution >= 4 is 33.3 Å². The lowest BCUT2D eigenvalue weighted by Gasteiger charge is -2.05. The van der Waals surface area contributed by atoms with E-state index in [9.17, 15) is 19.3 Å². The molecule has 0 aliphatic carbocycles. The second-order valence-corrected chi connectivity index (χ2v) is 6.86. The number of benzene rings is 1. The lowest BCUT2D eigenvalue weighted by molar-refractivity contribution is -0.385. The fourth-order valence-corrected chi connectivity index (χ4v) is 3.02. The zero-order chi connectivity index (χ0) is 20.3. The number of halogens is 2. The van der Waals surface area contributed by atoms with Gasteiger partial charge in [0.15, 0.2) is 5.82 Å². The minimum absolute atomic E-state index is 0.0618. The molecule has 0 fully saturated rings. The van der Waals surface area contributed by atoms with Crippen LogP contribution in [-0.2, 0) is 17.9 Å². The van der Waals surface area contributed by atoms with Crippen molar-refractivity contribution in [3.63, 3.8) is 0 Å². The SMILES string of the molecule is Cc1c([N+](=O)[O-])cnn1CCC(=O)Nc1nn(Cc2ccccc2F)cc1Br. The summed E-state index contributed by atoms with van der Waals surface area (Å²) >= 11 is 3.32. The van der Waals surface area contributed by atoms with Crippen molar-refractivity contribution in [1.82, 2.24) is 19.6 Å². The number of nitrogens with one attached hydrogen (secondary N) is 1. The van der Waals surface area contributed by atoms with Gasteiger partial charge >= 0.3 is 5.69 Å². The molecule has 146 valence electrons. The highest BCUT2D eigenvalue weighted by atomic mass is 79.9. The number of amides is 1. The Hall–Kier alpha value is -3.08. The number of hydrogen-bond acceptors (Lipinski definition) is 5. The summed E-state index contributed by atoms with van der Waals surface area (Å²) in [6, 6.07) is 6.38. The van der Waals surface area contributed by atoms with Crippen LogP contribution in [0.4, 0.5) is 15.9 Å². The van der Waals surface area contributed by atoms with Gasteiger partial charge in [0.05, 0.1) is 22.5 Å². The van der Waals surface area contributed by atoms with Gasteiger partial charge in [-0.1, -0.05) is 18.2 Å². The van der Waals surface area contributed by atoms with E-state index >= 15 is 0 Å². The number of nitrogens with zero attached hydrogens (tertiary/aromatic N) is 5. The summed E-state index contributed by atoms with van der Waals surface area (Å²) in [6.07, 6.45) is 2.86. The summed E-state index contributed by atoms with van der Waals surface area (Å²) in [5, 5.41) is 21.7. The number of anilines is 1. The van der Waals surface area contributed by atoms with Gasteiger partial charge < -0.3 is 5.32 Å². The molecule has 2 aromatic heterocycles. The van der Waals surface area contributed by atoms with Gasteiger partial charge in [-0.05, 0) is 28.9 Å². The molecule has 0 bridgehead atoms. The van der Waals surface area contributed by atoms with Crippen LogP contribution in [0.25, 0.3) is 0 Å². The third-order valence-corrected chi connectivity index (χ3v) is 4.67. The average molecular weight is 451 g/mol. The summed E-state index contributed by atoms with van der Waals surface area (Å²) in [4.78, 5) is 22.5. The summed E-state index contributed by atoms with van der Waals surface area (Å²) in [5.74, 6) is -0.345. The fraction of sp³-hybridized carbons (Fsp3) is 0.235. The molecule has 11 heteroatoms. The highest BCUT2D eigenvalue weighted by molar-refractivity contribution is 9.10. The molecule has 0 radical (unpaired) electrons. The molecule has 0 atom stereocenters. The zero-order valence-corrected chi connectivity index (χ0v) is 16.4. The molecule has 3 aromatic rings. The van der Waals surface area contributed by atoms with Crippen LogP contribution in [0, 0.1) is 22.9 Å². The number of hydrogen-bond donors (Lipinski definition) is 1. The number of aryl methyl sites for hydroxylation is 1. The van der Waals surface area contributed by atoms with Crippen molar-refractivity contribution in [2.75, 3.05) is 5.32 Å². The van der Waals surface area contributed by atoms with Crippen LogP contribution in [0.2, 0.25) is 0 Å². The van der Waals surface area contributed by atoms with E-state index in [0.29, 0.717) is 21.5 Å². The van der Waals surface area contributed by atoms with Crippen LogP contribution in [0.5, 0.6) is 0 Å². The smallest absolute Gasteiger partial charge is 0.308 e. The summed E-state index contributed by atoms with van der Waals surface area (Å²) in [6.45, 7) is 1.99. The van der Waals surface area contributed by atoms with Gasteiger partial charge in [0.2, 0.25) is 5.91 Å². The van der Waals surface area contributed by atoms with Crippen LogP contribution < -0.4 is 5.32 Å². The van der Waals surface area contributed by atoms with E-state index in [0.717, 1.165) is 6.20 Å². The van der Waals surface area contributed by atoms with E-state index in [4.69, 9.17) is 0 Å². The molecular formula is C17H16BrFN6O3. The number of carbonyl (C=O) groups excluding carboxylic acids is 1. The molecule has 3 rings (SSSR count). The lowest BCUT2D eigenvalue weighted by atomic mass is 10.2. The first-order valence-corrected chi connectivity index (χ1v) is 9.07. The first-order valence-electron chi connectivity index (χ1n) is 8.28. The van der Waals surface area contributed by atoms with Gasteiger partial charge in [0, 0.05) is 18.2 Å². The molecular weight excluding hydrogens is 435 g/mol. The first kappa shape index (κ1) is 19.7. The molecule has 9 nitrogen and oxygen atoms in total. The molecule has 1 N–H and O–H groups in total. The Morgan fingerprint density at radius 2 is 2.14 bits per heavy atom. The van der Waals surface area contributed by atoms with Gasteiger partial charge in [0.25, 0.3) is 0 Å². The van der Waals surface area contributed by atoms with Crippen molar-refractivity contribution in [3.05, 3.63) is 68.3 Å². The Labute approximate surface area is 167 Å². The summed E-state index contributed by atoms with van der Waals surface area (Å²) in [5.41, 5.74) is 0.773. The van der Waals surface area contributed by atoms with Crippen molar-refractivity contribution in [2.24, 2.45) is 0 Å². The second kappa shape index (κ2) is 8.30. The van der Waals surface area contributed by atoms with E-state index in [1.165, 1.54) is 15.4 Å². The van der Waals surface area contributed by atoms with Gasteiger partial charge in [0.1, 0.15) is 17.7 Å². The molecule has 0 spiro atoms. The minimum atomic E-state index is -0.516. The monoisotopic (exact) mass is 450 g/mol. The number of aromatic nitrogens is 4. The maximum Gasteiger partial charge on any atom is 0.309 e. The van der Waals surface area contributed by atoms with Crippen LogP contribution in [0.15, 0.2) is 41.1 Å². The van der Waals surface area contributed by atoms with Crippen molar-refractivity contribution in [3.8, 4) is 0 Å². The predicted octanol–water partition coefficient (Wildman–Crippen LogP) is 3.27. The third kappa shape index (κ3) is 4.42. The number of nitro groups is 1. The van der Waals surface area contributed by atoms with E-state index in [2.05, 4.69) is 31.4 Å². The Kier molecular flexibility index (Phi) is 5.83. The van der Waals surface area contributed by atoms with Gasteiger partial charge in [-0.25, -0.2) is 4.39 Å². The number of rotatable bonds is 7. The maximum atomic E-state index is 13.8. The lowest BCUT2D eigenvalue weighted by Crippen LogP contribution is -2.16. The third-order valence-electron chi connectivity index (χ3n) is 4.09. The predicted molar refractivity (Wildman–Crippen MR) is 102 cm³/mol. The van der Waals surface area contributed by atoms with E-state index < -0.39 is 4.92 Å². The highest BCUT2D eigenvalue weighted by Crippen LogP contribution is 2.22. The van der Waals surface area contributed by atoms with Crippen LogP contribution in [-0.4, -0.2) is 30.4 Å². The molecule has 0 saturated heterocycles. The van der Waals surface area contributed by atoms with Gasteiger partial charge in [-0.3, -0.25) is 24.3 Å². The molecule has 0 aliphatic rings. The van der Waals surface area contributed by atoms with E-state index in [1.807, 2.05) is 0 Å². The molecule has 1 aromatic carbocycles. The van der Waals surface area contributed by atoms with Gasteiger partial charge in [-0.2, -0.15) is 10.2 Å². The molecule has 0 aliphatic heterocycles. The topological polar surface area (TPSA) is 108 Å². The van der Waals surface area contributed by atoms with Crippen LogP contribution in [0.3, 0.4) is 0 Å². The molecule has 0 unspecified atom stereocenters. The van der Waals surface area contributed by atoms with Crippen LogP contribution >= 0.6 is 15.9 Å². The second-order valence-electron chi connectivity index (χ2n) is 6.01. The van der Waals surface area contributed by atoms with Gasteiger partial charge in [-0.15, -0.1) is 0 Å². The Morgan fingerprint density at radius 3 is 2.82 bits per heavy atom. The van der Waals surface area contributed by atoms with E-state index in [1.54, 1.807) is 31.3 Å². The molecule has 28 heavy (non-hydrogen) atoms. The normalized spacial score (nSPS) is 10.8. The summed E-state index contributed by atoms with van der Waals surface area (Å²) < 4.78 is 17.2. The van der Waals surface area contributed by atoms with Crippen molar-refractivity contribution in [1.29, 1.82) is 0 Å². The van der Waals surface area contributed by atoms with Crippen molar-refractivity contribution in [2.45, 2.75) is 26.4 Å². The molecule has 2 heterocycles. The fourth-order valence-electron chi connectivity index (χ4n) is 2.61. The van der Waals surface area contributed by atoms with Crippen LogP contribution in [0.1, 0.15) is 17.7 Å². The van der Waals surface area contributed by atoms with Crippen molar-refractivity contribution < 1.29 is 14.1 Å². The largest absolute Gasteiger partial charge is 0.309 e. The quantitative estimate of drug-likeness (QED) is 0.438. The molecule has 1 amide bonds. The first-order chi connectivity index (χ1) is 13.3. The minimum Gasteiger partial charge on any atom is -0.308 e. The maximum absolute atomic E-state index is 13.8. The molecule has 0 saturated carbocycles. The zero-order valence-electron chi connectivity index (χ0n) is 14.8. The number of carbonyl (C=O) groups is 1.